The van der Waals surface area contributed by atoms with Crippen molar-refractivity contribution >= 4 is 11.9 Å². The predicted molar refractivity (Wildman–Crippen MR) is 69.5 cm³/mol. The van der Waals surface area contributed by atoms with Crippen LogP contribution in [-0.4, -0.2) is 23.2 Å². The van der Waals surface area contributed by atoms with Gasteiger partial charge in [0.05, 0.1) is 6.04 Å². The van der Waals surface area contributed by atoms with Crippen LogP contribution in [0.25, 0.3) is 0 Å². The van der Waals surface area contributed by atoms with Crippen LogP contribution in [0, 0.1) is 0 Å². The van der Waals surface area contributed by atoms with Gasteiger partial charge in [-0.2, -0.15) is 0 Å². The number of hydrogen-bond donors (Lipinski definition) is 2. The summed E-state index contributed by atoms with van der Waals surface area (Å²) in [6.07, 6.45) is 2.18. The second-order valence-corrected chi connectivity index (χ2v) is 5.36. The number of fused-ring (bicyclic) bond motifs is 1. The van der Waals surface area contributed by atoms with E-state index in [1.807, 2.05) is 32.9 Å². The first-order valence-electron chi connectivity index (χ1n) is 6.14. The molecule has 18 heavy (non-hydrogen) atoms. The number of nitrogens with zero attached hydrogens (tertiary/aromatic N) is 1. The number of pyridine rings is 1. The summed E-state index contributed by atoms with van der Waals surface area (Å²) in [5, 5.41) is 6.10. The Labute approximate surface area is 107 Å². The number of ether oxygens (including phenoxy) is 1. The molecule has 5 heteroatoms. The van der Waals surface area contributed by atoms with E-state index >= 15 is 0 Å². The Balaban J connectivity index is 2.05. The van der Waals surface area contributed by atoms with Crippen molar-refractivity contribution in [2.75, 3.05) is 11.9 Å². The third kappa shape index (κ3) is 3.12. The number of carbonyl (C=O) groups excluding carboxylic acids is 1. The molecule has 98 valence electrons. The maximum absolute atomic E-state index is 11.8. The van der Waals surface area contributed by atoms with Gasteiger partial charge in [-0.3, -0.25) is 0 Å². The highest BCUT2D eigenvalue weighted by Crippen LogP contribution is 2.27. The van der Waals surface area contributed by atoms with Crippen LogP contribution < -0.4 is 10.6 Å². The van der Waals surface area contributed by atoms with Crippen LogP contribution in [0.1, 0.15) is 38.8 Å². The number of nitrogens with one attached hydrogen (secondary N) is 2. The van der Waals surface area contributed by atoms with Gasteiger partial charge in [0.2, 0.25) is 0 Å². The van der Waals surface area contributed by atoms with Gasteiger partial charge >= 0.3 is 6.09 Å². The summed E-state index contributed by atoms with van der Waals surface area (Å²) in [6.45, 7) is 6.35. The molecule has 1 aliphatic rings. The van der Waals surface area contributed by atoms with Crippen molar-refractivity contribution in [1.82, 2.24) is 10.3 Å². The summed E-state index contributed by atoms with van der Waals surface area (Å²) in [5.41, 5.74) is 0.531. The van der Waals surface area contributed by atoms with Gasteiger partial charge in [-0.1, -0.05) is 6.07 Å². The highest BCUT2D eigenvalue weighted by Gasteiger charge is 2.24. The van der Waals surface area contributed by atoms with E-state index in [0.29, 0.717) is 0 Å². The Hall–Kier alpha value is -1.78. The van der Waals surface area contributed by atoms with Gasteiger partial charge in [0.25, 0.3) is 0 Å². The van der Waals surface area contributed by atoms with E-state index in [0.717, 1.165) is 24.3 Å². The van der Waals surface area contributed by atoms with Crippen LogP contribution in [0.2, 0.25) is 0 Å². The zero-order valence-electron chi connectivity index (χ0n) is 11.0. The minimum Gasteiger partial charge on any atom is -0.444 e. The minimum atomic E-state index is -0.477. The molecule has 1 unspecified atom stereocenters. The Morgan fingerprint density at radius 2 is 2.33 bits per heavy atom. The van der Waals surface area contributed by atoms with Crippen molar-refractivity contribution in [2.45, 2.75) is 38.8 Å². The molecular weight excluding hydrogens is 230 g/mol. The van der Waals surface area contributed by atoms with Gasteiger partial charge in [-0.05, 0) is 33.3 Å². The number of carbonyl (C=O) groups is 1. The quantitative estimate of drug-likeness (QED) is 0.802. The Kier molecular flexibility index (Phi) is 3.41. The van der Waals surface area contributed by atoms with Crippen LogP contribution in [0.3, 0.4) is 0 Å². The number of hydrogen-bond acceptors (Lipinski definition) is 4. The molecule has 0 spiro atoms. The van der Waals surface area contributed by atoms with Gasteiger partial charge in [0, 0.05) is 18.3 Å². The van der Waals surface area contributed by atoms with Crippen LogP contribution in [0.15, 0.2) is 18.3 Å². The highest BCUT2D eigenvalue weighted by atomic mass is 16.6. The first kappa shape index (κ1) is 12.7. The van der Waals surface area contributed by atoms with E-state index in [4.69, 9.17) is 4.74 Å². The molecule has 0 saturated heterocycles. The van der Waals surface area contributed by atoms with Crippen molar-refractivity contribution in [3.63, 3.8) is 0 Å². The predicted octanol–water partition coefficient (Wildman–Crippen LogP) is 2.46. The molecule has 1 amide bonds. The molecule has 1 aromatic rings. The van der Waals surface area contributed by atoms with Crippen molar-refractivity contribution in [1.29, 1.82) is 0 Å². The molecule has 0 radical (unpaired) electrons. The lowest BCUT2D eigenvalue weighted by molar-refractivity contribution is 0.0501. The molecule has 1 aromatic heterocycles. The monoisotopic (exact) mass is 249 g/mol. The molecule has 5 nitrogen and oxygen atoms in total. The number of alkyl carbamates (subject to hydrolysis) is 1. The highest BCUT2D eigenvalue weighted by molar-refractivity contribution is 5.69. The molecule has 0 aromatic carbocycles. The smallest absolute Gasteiger partial charge is 0.408 e. The van der Waals surface area contributed by atoms with Gasteiger partial charge in [0.1, 0.15) is 11.4 Å². The molecule has 1 atom stereocenters. The Morgan fingerprint density at radius 3 is 3.06 bits per heavy atom. The van der Waals surface area contributed by atoms with Gasteiger partial charge in [0.15, 0.2) is 0 Å². The van der Waals surface area contributed by atoms with Gasteiger partial charge in [-0.25, -0.2) is 9.78 Å². The van der Waals surface area contributed by atoms with Crippen molar-refractivity contribution in [2.24, 2.45) is 0 Å². The average molecular weight is 249 g/mol. The summed E-state index contributed by atoms with van der Waals surface area (Å²) in [5.74, 6) is 0.838. The van der Waals surface area contributed by atoms with E-state index in [1.54, 1.807) is 6.20 Å². The standard InChI is InChI=1S/C13H19N3O2/c1-13(2,3)18-12(17)16-10-6-8-15-11-9(10)5-4-7-14-11/h4-5,7,10H,6,8H2,1-3H3,(H,14,15)(H,16,17). The first-order valence-corrected chi connectivity index (χ1v) is 6.14. The fourth-order valence-corrected chi connectivity index (χ4v) is 1.94. The summed E-state index contributed by atoms with van der Waals surface area (Å²) >= 11 is 0. The molecule has 1 aliphatic heterocycles. The van der Waals surface area contributed by atoms with Crippen molar-refractivity contribution in [3.8, 4) is 0 Å². The van der Waals surface area contributed by atoms with Crippen molar-refractivity contribution in [3.05, 3.63) is 23.9 Å². The molecule has 0 aliphatic carbocycles. The minimum absolute atomic E-state index is 0.0372. The number of amides is 1. The summed E-state index contributed by atoms with van der Waals surface area (Å²) in [4.78, 5) is 16.0. The zero-order chi connectivity index (χ0) is 13.2. The van der Waals surface area contributed by atoms with Crippen LogP contribution in [0.5, 0.6) is 0 Å². The fourth-order valence-electron chi connectivity index (χ4n) is 1.94. The lowest BCUT2D eigenvalue weighted by atomic mass is 10.0. The largest absolute Gasteiger partial charge is 0.444 e. The molecule has 2 heterocycles. The Bertz CT molecular complexity index is 440. The fraction of sp³-hybridized carbons (Fsp3) is 0.538. The topological polar surface area (TPSA) is 63.2 Å². The molecule has 0 bridgehead atoms. The van der Waals surface area contributed by atoms with E-state index in [-0.39, 0.29) is 12.1 Å². The zero-order valence-corrected chi connectivity index (χ0v) is 11.0. The average Bonchev–Trinajstić information content (AvgIpc) is 2.27. The summed E-state index contributed by atoms with van der Waals surface area (Å²) < 4.78 is 5.26. The second kappa shape index (κ2) is 4.84. The maximum Gasteiger partial charge on any atom is 0.408 e. The van der Waals surface area contributed by atoms with E-state index in [2.05, 4.69) is 15.6 Å². The molecule has 0 fully saturated rings. The molecule has 2 rings (SSSR count). The maximum atomic E-state index is 11.8. The number of anilines is 1. The lowest BCUT2D eigenvalue weighted by Gasteiger charge is -2.28. The summed E-state index contributed by atoms with van der Waals surface area (Å²) in [7, 11) is 0. The van der Waals surface area contributed by atoms with Crippen molar-refractivity contribution < 1.29 is 9.53 Å². The first-order chi connectivity index (χ1) is 8.46. The van der Waals surface area contributed by atoms with E-state index in [9.17, 15) is 4.79 Å². The van der Waals surface area contributed by atoms with Crippen LogP contribution in [0.4, 0.5) is 10.6 Å². The van der Waals surface area contributed by atoms with Gasteiger partial charge in [-0.15, -0.1) is 0 Å². The molecular formula is C13H19N3O2. The van der Waals surface area contributed by atoms with Crippen LogP contribution >= 0.6 is 0 Å². The number of rotatable bonds is 1. The SMILES string of the molecule is CC(C)(C)OC(=O)NC1CCNc2ncccc21. The summed E-state index contributed by atoms with van der Waals surface area (Å²) in [6, 6.07) is 3.80. The third-order valence-corrected chi connectivity index (χ3v) is 2.63. The van der Waals surface area contributed by atoms with E-state index in [1.165, 1.54) is 0 Å². The molecule has 0 saturated carbocycles. The van der Waals surface area contributed by atoms with Crippen LogP contribution in [-0.2, 0) is 4.74 Å². The Morgan fingerprint density at radius 1 is 1.56 bits per heavy atom. The van der Waals surface area contributed by atoms with Gasteiger partial charge < -0.3 is 15.4 Å². The third-order valence-electron chi connectivity index (χ3n) is 2.63. The number of aromatic nitrogens is 1. The molecule has 2 N–H and O–H groups in total. The second-order valence-electron chi connectivity index (χ2n) is 5.36. The normalized spacial score (nSPS) is 18.5. The van der Waals surface area contributed by atoms with E-state index < -0.39 is 5.60 Å². The lowest BCUT2D eigenvalue weighted by Crippen LogP contribution is -2.37.